The van der Waals surface area contributed by atoms with E-state index in [-0.39, 0.29) is 12.0 Å². The van der Waals surface area contributed by atoms with Crippen molar-refractivity contribution < 1.29 is 14.6 Å². The predicted octanol–water partition coefficient (Wildman–Crippen LogP) is 1.67. The summed E-state index contributed by atoms with van der Waals surface area (Å²) in [5.41, 5.74) is 1.14. The number of aliphatic hydroxyl groups is 1. The quantitative estimate of drug-likeness (QED) is 0.881. The van der Waals surface area contributed by atoms with Crippen LogP contribution in [0.3, 0.4) is 0 Å². The van der Waals surface area contributed by atoms with Crippen LogP contribution in [0.15, 0.2) is 24.3 Å². The predicted molar refractivity (Wildman–Crippen MR) is 73.7 cm³/mol. The van der Waals surface area contributed by atoms with Gasteiger partial charge in [-0.3, -0.25) is 0 Å². The Morgan fingerprint density at radius 1 is 1.26 bits per heavy atom. The van der Waals surface area contributed by atoms with E-state index in [9.17, 15) is 5.11 Å². The molecule has 1 N–H and O–H groups in total. The van der Waals surface area contributed by atoms with Crippen molar-refractivity contribution in [3.63, 3.8) is 0 Å². The van der Waals surface area contributed by atoms with E-state index in [2.05, 4.69) is 11.0 Å². The van der Waals surface area contributed by atoms with Crippen molar-refractivity contribution in [3.05, 3.63) is 24.3 Å². The van der Waals surface area contributed by atoms with Crippen molar-refractivity contribution in [1.82, 2.24) is 0 Å². The molecule has 0 aliphatic carbocycles. The van der Waals surface area contributed by atoms with Gasteiger partial charge in [0, 0.05) is 25.6 Å². The first-order valence-electron chi connectivity index (χ1n) is 7.07. The smallest absolute Gasteiger partial charge is 0.142 e. The molecular formula is C15H21NO3. The van der Waals surface area contributed by atoms with Gasteiger partial charge in [-0.25, -0.2) is 0 Å². The van der Waals surface area contributed by atoms with Gasteiger partial charge in [0.15, 0.2) is 0 Å². The highest BCUT2D eigenvalue weighted by Gasteiger charge is 2.27. The number of benzene rings is 1. The lowest BCUT2D eigenvalue weighted by atomic mass is 9.97. The minimum atomic E-state index is -0.245. The number of ether oxygens (including phenoxy) is 2. The third-order valence-electron chi connectivity index (χ3n) is 3.92. The highest BCUT2D eigenvalue weighted by atomic mass is 16.5. The summed E-state index contributed by atoms with van der Waals surface area (Å²) in [4.78, 5) is 2.32. The summed E-state index contributed by atoms with van der Waals surface area (Å²) in [5.74, 6) is 1.14. The van der Waals surface area contributed by atoms with Crippen LogP contribution in [0.2, 0.25) is 0 Å². The fourth-order valence-electron chi connectivity index (χ4n) is 2.83. The van der Waals surface area contributed by atoms with Crippen LogP contribution in [-0.4, -0.2) is 44.1 Å². The van der Waals surface area contributed by atoms with E-state index in [1.807, 2.05) is 18.2 Å². The second kappa shape index (κ2) is 5.80. The Morgan fingerprint density at radius 2 is 2.16 bits per heavy atom. The molecule has 0 spiro atoms. The van der Waals surface area contributed by atoms with Crippen LogP contribution < -0.4 is 9.64 Å². The number of hydrogen-bond donors (Lipinski definition) is 1. The van der Waals surface area contributed by atoms with Crippen LogP contribution in [0, 0.1) is 5.92 Å². The fraction of sp³-hybridized carbons (Fsp3) is 0.600. The van der Waals surface area contributed by atoms with E-state index in [4.69, 9.17) is 9.47 Å². The lowest BCUT2D eigenvalue weighted by Gasteiger charge is -2.33. The zero-order valence-electron chi connectivity index (χ0n) is 11.1. The summed E-state index contributed by atoms with van der Waals surface area (Å²) in [6, 6.07) is 8.15. The Labute approximate surface area is 113 Å². The molecule has 0 aromatic heterocycles. The topological polar surface area (TPSA) is 41.9 Å². The maximum Gasteiger partial charge on any atom is 0.142 e. The maximum atomic E-state index is 10.1. The Balaban J connectivity index is 1.76. The molecule has 2 aliphatic rings. The number of aliphatic hydroxyl groups excluding tert-OH is 1. The van der Waals surface area contributed by atoms with Gasteiger partial charge < -0.3 is 19.5 Å². The standard InChI is InChI=1S/C15H21NO3/c17-14-6-9-18-11-12(14)10-16-7-3-8-19-15-5-2-1-4-13(15)16/h1-2,4-5,12,14,17H,3,6-11H2. The molecule has 1 fully saturated rings. The lowest BCUT2D eigenvalue weighted by Crippen LogP contribution is -2.41. The number of hydrogen-bond acceptors (Lipinski definition) is 4. The van der Waals surface area contributed by atoms with E-state index in [0.29, 0.717) is 13.2 Å². The zero-order valence-corrected chi connectivity index (χ0v) is 11.1. The molecule has 2 atom stereocenters. The van der Waals surface area contributed by atoms with Crippen LogP contribution in [0.4, 0.5) is 5.69 Å². The Kier molecular flexibility index (Phi) is 3.89. The first-order valence-corrected chi connectivity index (χ1v) is 7.07. The van der Waals surface area contributed by atoms with Gasteiger partial charge in [0.05, 0.1) is 25.0 Å². The molecule has 4 heteroatoms. The first-order chi connectivity index (χ1) is 9.34. The summed E-state index contributed by atoms with van der Waals surface area (Å²) >= 11 is 0. The lowest BCUT2D eigenvalue weighted by molar-refractivity contribution is -0.0323. The summed E-state index contributed by atoms with van der Waals surface area (Å²) in [5, 5.41) is 10.1. The first kappa shape index (κ1) is 12.8. The Hall–Kier alpha value is -1.26. The zero-order chi connectivity index (χ0) is 13.1. The van der Waals surface area contributed by atoms with Crippen molar-refractivity contribution in [2.45, 2.75) is 18.9 Å². The van der Waals surface area contributed by atoms with Gasteiger partial charge in [-0.05, 0) is 25.0 Å². The molecule has 0 amide bonds. The molecule has 2 aliphatic heterocycles. The third kappa shape index (κ3) is 2.85. The van der Waals surface area contributed by atoms with Gasteiger partial charge in [0.25, 0.3) is 0 Å². The molecule has 19 heavy (non-hydrogen) atoms. The second-order valence-corrected chi connectivity index (χ2v) is 5.31. The van der Waals surface area contributed by atoms with Gasteiger partial charge in [0.2, 0.25) is 0 Å². The van der Waals surface area contributed by atoms with Crippen molar-refractivity contribution in [2.24, 2.45) is 5.92 Å². The normalized spacial score (nSPS) is 27.3. The molecule has 2 unspecified atom stereocenters. The van der Waals surface area contributed by atoms with Gasteiger partial charge in [0.1, 0.15) is 5.75 Å². The van der Waals surface area contributed by atoms with Crippen molar-refractivity contribution >= 4 is 5.69 Å². The molecule has 3 rings (SSSR count). The summed E-state index contributed by atoms with van der Waals surface area (Å²) in [7, 11) is 0. The Morgan fingerprint density at radius 3 is 3.05 bits per heavy atom. The highest BCUT2D eigenvalue weighted by Crippen LogP contribution is 2.31. The van der Waals surface area contributed by atoms with Crippen LogP contribution in [-0.2, 0) is 4.74 Å². The minimum absolute atomic E-state index is 0.194. The van der Waals surface area contributed by atoms with Crippen LogP contribution in [0.25, 0.3) is 0 Å². The molecule has 1 aromatic carbocycles. The average Bonchev–Trinajstić information content (AvgIpc) is 2.64. The molecule has 1 saturated heterocycles. The van der Waals surface area contributed by atoms with E-state index in [1.54, 1.807) is 0 Å². The van der Waals surface area contributed by atoms with Crippen molar-refractivity contribution in [2.75, 3.05) is 37.8 Å². The Bertz CT molecular complexity index is 424. The van der Waals surface area contributed by atoms with Crippen molar-refractivity contribution in [1.29, 1.82) is 0 Å². The molecular weight excluding hydrogens is 242 g/mol. The van der Waals surface area contributed by atoms with Crippen LogP contribution >= 0.6 is 0 Å². The monoisotopic (exact) mass is 263 g/mol. The summed E-state index contributed by atoms with van der Waals surface area (Å²) < 4.78 is 11.3. The number of para-hydroxylation sites is 2. The molecule has 2 heterocycles. The van der Waals surface area contributed by atoms with Crippen molar-refractivity contribution in [3.8, 4) is 5.75 Å². The number of nitrogens with zero attached hydrogens (tertiary/aromatic N) is 1. The van der Waals surface area contributed by atoms with E-state index >= 15 is 0 Å². The molecule has 0 saturated carbocycles. The number of fused-ring (bicyclic) bond motifs is 1. The van der Waals surface area contributed by atoms with Gasteiger partial charge in [-0.15, -0.1) is 0 Å². The molecule has 1 aromatic rings. The highest BCUT2D eigenvalue weighted by molar-refractivity contribution is 5.59. The molecule has 0 bridgehead atoms. The molecule has 4 nitrogen and oxygen atoms in total. The summed E-state index contributed by atoms with van der Waals surface area (Å²) in [6.07, 6.45) is 1.51. The average molecular weight is 263 g/mol. The summed E-state index contributed by atoms with van der Waals surface area (Å²) in [6.45, 7) is 3.90. The third-order valence-corrected chi connectivity index (χ3v) is 3.92. The maximum absolute atomic E-state index is 10.1. The van der Waals surface area contributed by atoms with E-state index < -0.39 is 0 Å². The van der Waals surface area contributed by atoms with Gasteiger partial charge in [-0.1, -0.05) is 12.1 Å². The van der Waals surface area contributed by atoms with E-state index in [0.717, 1.165) is 44.0 Å². The second-order valence-electron chi connectivity index (χ2n) is 5.31. The van der Waals surface area contributed by atoms with Crippen LogP contribution in [0.1, 0.15) is 12.8 Å². The van der Waals surface area contributed by atoms with Crippen LogP contribution in [0.5, 0.6) is 5.75 Å². The fourth-order valence-corrected chi connectivity index (χ4v) is 2.83. The molecule has 104 valence electrons. The SMILES string of the molecule is OC1CCOCC1CN1CCCOc2ccccc21. The molecule has 0 radical (unpaired) electrons. The van der Waals surface area contributed by atoms with Gasteiger partial charge >= 0.3 is 0 Å². The number of anilines is 1. The van der Waals surface area contributed by atoms with E-state index in [1.165, 1.54) is 0 Å². The number of rotatable bonds is 2. The van der Waals surface area contributed by atoms with Gasteiger partial charge in [-0.2, -0.15) is 0 Å². The largest absolute Gasteiger partial charge is 0.491 e. The minimum Gasteiger partial charge on any atom is -0.491 e.